The van der Waals surface area contributed by atoms with Crippen molar-refractivity contribution < 1.29 is 4.79 Å². The molecule has 2 atom stereocenters. The molecule has 0 radical (unpaired) electrons. The third-order valence-corrected chi connectivity index (χ3v) is 6.06. The lowest BCUT2D eigenvalue weighted by Crippen LogP contribution is -2.62. The summed E-state index contributed by atoms with van der Waals surface area (Å²) in [6, 6.07) is 11.6. The van der Waals surface area contributed by atoms with E-state index in [0.717, 1.165) is 32.5 Å². The van der Waals surface area contributed by atoms with Gasteiger partial charge in [0, 0.05) is 19.1 Å². The van der Waals surface area contributed by atoms with Crippen LogP contribution < -0.4 is 11.1 Å². The number of benzene rings is 1. The van der Waals surface area contributed by atoms with Gasteiger partial charge in [-0.05, 0) is 43.7 Å². The summed E-state index contributed by atoms with van der Waals surface area (Å²) in [7, 11) is 0. The van der Waals surface area contributed by atoms with Crippen LogP contribution in [0.3, 0.4) is 0 Å². The van der Waals surface area contributed by atoms with E-state index in [1.165, 1.54) is 31.2 Å². The van der Waals surface area contributed by atoms with E-state index in [1.54, 1.807) is 0 Å². The van der Waals surface area contributed by atoms with E-state index in [-0.39, 0.29) is 5.91 Å². The minimum Gasteiger partial charge on any atom is -0.368 e. The number of hydrogen-bond acceptors (Lipinski definition) is 3. The van der Waals surface area contributed by atoms with Gasteiger partial charge in [0.2, 0.25) is 5.91 Å². The van der Waals surface area contributed by atoms with Crippen molar-refractivity contribution in [1.29, 1.82) is 0 Å². The van der Waals surface area contributed by atoms with E-state index in [4.69, 9.17) is 5.73 Å². The van der Waals surface area contributed by atoms with Crippen LogP contribution in [-0.2, 0) is 4.79 Å². The average molecular weight is 329 g/mol. The van der Waals surface area contributed by atoms with Crippen molar-refractivity contribution in [3.05, 3.63) is 35.9 Å². The van der Waals surface area contributed by atoms with Gasteiger partial charge in [0.05, 0.1) is 0 Å². The quantitative estimate of drug-likeness (QED) is 0.873. The molecule has 1 aromatic rings. The predicted molar refractivity (Wildman–Crippen MR) is 97.8 cm³/mol. The summed E-state index contributed by atoms with van der Waals surface area (Å²) >= 11 is 0. The number of nitrogens with zero attached hydrogens (tertiary/aromatic N) is 1. The van der Waals surface area contributed by atoms with Gasteiger partial charge in [-0.25, -0.2) is 0 Å². The molecule has 3 N–H and O–H groups in total. The lowest BCUT2D eigenvalue weighted by atomic mass is 9.77. The second-order valence-corrected chi connectivity index (χ2v) is 7.38. The minimum absolute atomic E-state index is 0.188. The van der Waals surface area contributed by atoms with Crippen LogP contribution in [0.25, 0.3) is 0 Å². The lowest BCUT2D eigenvalue weighted by Gasteiger charge is -2.46. The van der Waals surface area contributed by atoms with Crippen LogP contribution in [0.2, 0.25) is 0 Å². The van der Waals surface area contributed by atoms with Crippen LogP contribution in [0.4, 0.5) is 0 Å². The van der Waals surface area contributed by atoms with Crippen LogP contribution >= 0.6 is 0 Å². The molecule has 1 saturated carbocycles. The minimum atomic E-state index is -0.498. The van der Waals surface area contributed by atoms with Gasteiger partial charge in [-0.2, -0.15) is 0 Å². The molecule has 132 valence electrons. The number of amides is 1. The van der Waals surface area contributed by atoms with Gasteiger partial charge < -0.3 is 11.1 Å². The Morgan fingerprint density at radius 3 is 2.50 bits per heavy atom. The summed E-state index contributed by atoms with van der Waals surface area (Å²) < 4.78 is 0. The molecule has 0 bridgehead atoms. The molecule has 1 aromatic carbocycles. The maximum absolute atomic E-state index is 12.0. The Morgan fingerprint density at radius 2 is 1.88 bits per heavy atom. The monoisotopic (exact) mass is 329 g/mol. The first-order valence-corrected chi connectivity index (χ1v) is 9.50. The highest BCUT2D eigenvalue weighted by molar-refractivity contribution is 5.84. The molecule has 4 heteroatoms. The van der Waals surface area contributed by atoms with Gasteiger partial charge >= 0.3 is 0 Å². The van der Waals surface area contributed by atoms with Crippen molar-refractivity contribution in [3.63, 3.8) is 0 Å². The third-order valence-electron chi connectivity index (χ3n) is 6.06. The molecule has 0 aromatic heterocycles. The summed E-state index contributed by atoms with van der Waals surface area (Å²) in [6.07, 6.45) is 6.84. The Balaban J connectivity index is 1.71. The Hall–Kier alpha value is -1.39. The summed E-state index contributed by atoms with van der Waals surface area (Å²) in [6.45, 7) is 4.76. The number of piperidine rings is 1. The first-order valence-electron chi connectivity index (χ1n) is 9.50. The Bertz CT molecular complexity index is 537. The second-order valence-electron chi connectivity index (χ2n) is 7.38. The topological polar surface area (TPSA) is 58.4 Å². The molecule has 0 spiro atoms. The smallest absolute Gasteiger partial charge is 0.237 e. The van der Waals surface area contributed by atoms with Crippen molar-refractivity contribution in [2.75, 3.05) is 19.6 Å². The maximum Gasteiger partial charge on any atom is 0.237 e. The highest BCUT2D eigenvalue weighted by Gasteiger charge is 2.42. The number of likely N-dealkylation sites (tertiary alicyclic amines) is 1. The van der Waals surface area contributed by atoms with Gasteiger partial charge in [0.1, 0.15) is 5.54 Å². The fourth-order valence-electron chi connectivity index (χ4n) is 4.72. The number of carbonyl (C=O) groups is 1. The predicted octanol–water partition coefficient (Wildman–Crippen LogP) is 2.64. The summed E-state index contributed by atoms with van der Waals surface area (Å²) in [5.41, 5.74) is 6.69. The normalized spacial score (nSPS) is 27.7. The first-order chi connectivity index (χ1) is 11.7. The Morgan fingerprint density at radius 1 is 1.21 bits per heavy atom. The first kappa shape index (κ1) is 17.4. The van der Waals surface area contributed by atoms with E-state index in [1.807, 2.05) is 6.92 Å². The van der Waals surface area contributed by atoms with Crippen LogP contribution in [0.5, 0.6) is 0 Å². The van der Waals surface area contributed by atoms with Crippen LogP contribution in [0.1, 0.15) is 56.9 Å². The highest BCUT2D eigenvalue weighted by atomic mass is 16.1. The van der Waals surface area contributed by atoms with Gasteiger partial charge in [0.15, 0.2) is 0 Å². The molecule has 1 aliphatic heterocycles. The van der Waals surface area contributed by atoms with E-state index >= 15 is 0 Å². The molecule has 24 heavy (non-hydrogen) atoms. The molecular weight excluding hydrogens is 298 g/mol. The summed E-state index contributed by atoms with van der Waals surface area (Å²) in [5, 5.41) is 3.36. The summed E-state index contributed by atoms with van der Waals surface area (Å²) in [4.78, 5) is 14.6. The molecule has 1 aliphatic carbocycles. The molecule has 2 unspecified atom stereocenters. The van der Waals surface area contributed by atoms with E-state index in [0.29, 0.717) is 12.0 Å². The lowest BCUT2D eigenvalue weighted by molar-refractivity contribution is -0.126. The number of nitrogens with two attached hydrogens (primary N) is 1. The standard InChI is InChI=1S/C20H31N3O/c1-2-22-20(19(21)24)12-14-23(15-13-20)18-11-7-6-10-17(18)16-8-4-3-5-9-16/h3-5,8-9,17-18,22H,2,6-7,10-15H2,1H3,(H2,21,24). The second kappa shape index (κ2) is 7.66. The van der Waals surface area contributed by atoms with Gasteiger partial charge in [-0.1, -0.05) is 50.1 Å². The zero-order valence-corrected chi connectivity index (χ0v) is 14.8. The van der Waals surface area contributed by atoms with Crippen LogP contribution in [-0.4, -0.2) is 42.0 Å². The molecule has 4 nitrogen and oxygen atoms in total. The average Bonchev–Trinajstić information content (AvgIpc) is 2.63. The Labute approximate surface area is 145 Å². The zero-order valence-electron chi connectivity index (χ0n) is 14.8. The van der Waals surface area contributed by atoms with Gasteiger partial charge in [-0.15, -0.1) is 0 Å². The highest BCUT2D eigenvalue weighted by Crippen LogP contribution is 2.38. The van der Waals surface area contributed by atoms with Crippen molar-refractivity contribution >= 4 is 5.91 Å². The van der Waals surface area contributed by atoms with Crippen molar-refractivity contribution in [2.24, 2.45) is 5.73 Å². The molecule has 2 aliphatic rings. The molecule has 1 amide bonds. The number of carbonyl (C=O) groups excluding carboxylic acids is 1. The van der Waals surface area contributed by atoms with Crippen molar-refractivity contribution in [1.82, 2.24) is 10.2 Å². The van der Waals surface area contributed by atoms with Crippen molar-refractivity contribution in [2.45, 2.75) is 62.9 Å². The van der Waals surface area contributed by atoms with E-state index in [2.05, 4.69) is 40.5 Å². The van der Waals surface area contributed by atoms with Crippen LogP contribution in [0.15, 0.2) is 30.3 Å². The van der Waals surface area contributed by atoms with Gasteiger partial charge in [0.25, 0.3) is 0 Å². The Kier molecular flexibility index (Phi) is 5.57. The van der Waals surface area contributed by atoms with E-state index < -0.39 is 5.54 Å². The number of nitrogens with one attached hydrogen (secondary N) is 1. The van der Waals surface area contributed by atoms with Crippen molar-refractivity contribution in [3.8, 4) is 0 Å². The largest absolute Gasteiger partial charge is 0.368 e. The maximum atomic E-state index is 12.0. The van der Waals surface area contributed by atoms with E-state index in [9.17, 15) is 4.79 Å². The SMILES string of the molecule is CCNC1(C(N)=O)CCN(C2CCCCC2c2ccccc2)CC1. The fourth-order valence-corrected chi connectivity index (χ4v) is 4.72. The molecule has 3 rings (SSSR count). The number of rotatable bonds is 5. The third kappa shape index (κ3) is 3.50. The molecule has 2 fully saturated rings. The zero-order chi connectivity index (χ0) is 17.0. The number of likely N-dealkylation sites (N-methyl/N-ethyl adjacent to an activating group) is 1. The number of hydrogen-bond donors (Lipinski definition) is 2. The number of primary amides is 1. The molecular formula is C20H31N3O. The molecule has 1 saturated heterocycles. The summed E-state index contributed by atoms with van der Waals surface area (Å²) in [5.74, 6) is 0.437. The molecule has 1 heterocycles. The fraction of sp³-hybridized carbons (Fsp3) is 0.650. The van der Waals surface area contributed by atoms with Gasteiger partial charge in [-0.3, -0.25) is 9.69 Å². The van der Waals surface area contributed by atoms with Crippen LogP contribution in [0, 0.1) is 0 Å².